The molecule has 1 fully saturated rings. The lowest BCUT2D eigenvalue weighted by molar-refractivity contribution is 0.0691. The molecule has 1 aromatic heterocycles. The summed E-state index contributed by atoms with van der Waals surface area (Å²) in [4.78, 5) is 13.8. The van der Waals surface area contributed by atoms with Crippen LogP contribution >= 0.6 is 0 Å². The number of hydrogen-bond acceptors (Lipinski definition) is 1. The molecular formula is C13H13NO2. The number of H-pyrrole nitrogens is 1. The molecule has 3 nitrogen and oxygen atoms in total. The van der Waals surface area contributed by atoms with E-state index in [2.05, 4.69) is 17.1 Å². The van der Waals surface area contributed by atoms with Crippen molar-refractivity contribution >= 4 is 16.9 Å². The molecule has 0 unspecified atom stereocenters. The molecule has 0 radical (unpaired) electrons. The van der Waals surface area contributed by atoms with Gasteiger partial charge in [0.2, 0.25) is 0 Å². The fourth-order valence-electron chi connectivity index (χ4n) is 2.26. The van der Waals surface area contributed by atoms with Crippen molar-refractivity contribution in [3.63, 3.8) is 0 Å². The van der Waals surface area contributed by atoms with E-state index in [9.17, 15) is 4.79 Å². The predicted octanol–water partition coefficient (Wildman–Crippen LogP) is 3.13. The second kappa shape index (κ2) is 3.37. The lowest BCUT2D eigenvalue weighted by atomic mass is 9.80. The van der Waals surface area contributed by atoms with Crippen LogP contribution in [0, 0.1) is 0 Å². The van der Waals surface area contributed by atoms with E-state index in [1.165, 1.54) is 24.8 Å². The van der Waals surface area contributed by atoms with Gasteiger partial charge in [0.15, 0.2) is 0 Å². The molecule has 0 aliphatic heterocycles. The van der Waals surface area contributed by atoms with Crippen molar-refractivity contribution in [1.82, 2.24) is 4.98 Å². The van der Waals surface area contributed by atoms with Crippen LogP contribution in [-0.2, 0) is 0 Å². The molecule has 0 spiro atoms. The average molecular weight is 215 g/mol. The molecule has 82 valence electrons. The van der Waals surface area contributed by atoms with E-state index in [0.29, 0.717) is 5.92 Å². The van der Waals surface area contributed by atoms with Crippen molar-refractivity contribution < 1.29 is 9.90 Å². The molecule has 1 aliphatic carbocycles. The van der Waals surface area contributed by atoms with Gasteiger partial charge >= 0.3 is 5.97 Å². The number of aromatic amines is 1. The van der Waals surface area contributed by atoms with E-state index in [1.54, 1.807) is 6.07 Å². The highest BCUT2D eigenvalue weighted by Crippen LogP contribution is 2.37. The topological polar surface area (TPSA) is 53.1 Å². The van der Waals surface area contributed by atoms with Gasteiger partial charge in [-0.3, -0.25) is 0 Å². The predicted molar refractivity (Wildman–Crippen MR) is 61.9 cm³/mol. The first-order valence-corrected chi connectivity index (χ1v) is 5.60. The van der Waals surface area contributed by atoms with Gasteiger partial charge in [-0.25, -0.2) is 4.79 Å². The van der Waals surface area contributed by atoms with Gasteiger partial charge in [0.25, 0.3) is 0 Å². The second-order valence-corrected chi connectivity index (χ2v) is 4.46. The van der Waals surface area contributed by atoms with Crippen LogP contribution in [-0.4, -0.2) is 16.1 Å². The number of nitrogens with one attached hydrogen (secondary N) is 1. The molecule has 2 N–H and O–H groups in total. The van der Waals surface area contributed by atoms with Crippen molar-refractivity contribution in [2.24, 2.45) is 0 Å². The van der Waals surface area contributed by atoms with E-state index in [1.807, 2.05) is 6.07 Å². The van der Waals surface area contributed by atoms with Gasteiger partial charge in [0.1, 0.15) is 5.69 Å². The van der Waals surface area contributed by atoms with Crippen molar-refractivity contribution in [2.45, 2.75) is 25.2 Å². The number of carboxylic acid groups (broad SMARTS) is 1. The van der Waals surface area contributed by atoms with E-state index in [0.717, 1.165) is 10.9 Å². The Labute approximate surface area is 93.1 Å². The van der Waals surface area contributed by atoms with Crippen LogP contribution < -0.4 is 0 Å². The summed E-state index contributed by atoms with van der Waals surface area (Å²) in [6, 6.07) is 7.89. The first-order chi connectivity index (χ1) is 7.74. The van der Waals surface area contributed by atoms with Gasteiger partial charge in [0, 0.05) is 10.9 Å². The maximum atomic E-state index is 10.8. The third-order valence-electron chi connectivity index (χ3n) is 3.45. The maximum Gasteiger partial charge on any atom is 0.352 e. The van der Waals surface area contributed by atoms with Crippen molar-refractivity contribution in [3.05, 3.63) is 35.5 Å². The lowest BCUT2D eigenvalue weighted by Crippen LogP contribution is -2.08. The molecule has 0 amide bonds. The van der Waals surface area contributed by atoms with Gasteiger partial charge in [-0.05, 0) is 36.5 Å². The molecule has 1 heterocycles. The largest absolute Gasteiger partial charge is 0.477 e. The molecular weight excluding hydrogens is 202 g/mol. The first kappa shape index (κ1) is 9.46. The molecule has 0 saturated heterocycles. The Morgan fingerprint density at radius 1 is 1.31 bits per heavy atom. The van der Waals surface area contributed by atoms with Gasteiger partial charge in [-0.1, -0.05) is 18.6 Å². The van der Waals surface area contributed by atoms with Crippen molar-refractivity contribution in [1.29, 1.82) is 0 Å². The summed E-state index contributed by atoms with van der Waals surface area (Å²) in [6.45, 7) is 0. The van der Waals surface area contributed by atoms with E-state index in [-0.39, 0.29) is 5.69 Å². The summed E-state index contributed by atoms with van der Waals surface area (Å²) in [6.07, 6.45) is 3.84. The Kier molecular flexibility index (Phi) is 1.99. The number of rotatable bonds is 2. The van der Waals surface area contributed by atoms with Crippen LogP contribution in [0.15, 0.2) is 24.3 Å². The fraction of sp³-hybridized carbons (Fsp3) is 0.308. The van der Waals surface area contributed by atoms with Crippen LogP contribution in [0.1, 0.15) is 41.2 Å². The number of fused-ring (bicyclic) bond motifs is 1. The minimum Gasteiger partial charge on any atom is -0.477 e. The molecule has 0 bridgehead atoms. The number of aromatic carboxylic acids is 1. The quantitative estimate of drug-likeness (QED) is 0.808. The minimum atomic E-state index is -0.901. The lowest BCUT2D eigenvalue weighted by Gasteiger charge is -2.25. The van der Waals surface area contributed by atoms with E-state index < -0.39 is 5.97 Å². The molecule has 2 aromatic rings. The van der Waals surface area contributed by atoms with Crippen LogP contribution in [0.4, 0.5) is 0 Å². The van der Waals surface area contributed by atoms with Crippen LogP contribution in [0.5, 0.6) is 0 Å². The monoisotopic (exact) mass is 215 g/mol. The Morgan fingerprint density at radius 3 is 2.75 bits per heavy atom. The van der Waals surface area contributed by atoms with Crippen LogP contribution in [0.2, 0.25) is 0 Å². The molecule has 1 aromatic carbocycles. The smallest absolute Gasteiger partial charge is 0.352 e. The number of carboxylic acids is 1. The highest BCUT2D eigenvalue weighted by atomic mass is 16.4. The number of carbonyl (C=O) groups is 1. The zero-order chi connectivity index (χ0) is 11.1. The summed E-state index contributed by atoms with van der Waals surface area (Å²) >= 11 is 0. The standard InChI is InChI=1S/C13H13NO2/c15-13(16)12-7-10-5-4-9(6-11(10)14-12)8-2-1-3-8/h4-8,14H,1-3H2,(H,15,16). The zero-order valence-corrected chi connectivity index (χ0v) is 8.86. The fourth-order valence-corrected chi connectivity index (χ4v) is 2.26. The van der Waals surface area contributed by atoms with E-state index >= 15 is 0 Å². The third-order valence-corrected chi connectivity index (χ3v) is 3.45. The number of hydrogen-bond donors (Lipinski definition) is 2. The summed E-state index contributed by atoms with van der Waals surface area (Å²) in [5, 5.41) is 9.86. The molecule has 0 atom stereocenters. The summed E-state index contributed by atoms with van der Waals surface area (Å²) < 4.78 is 0. The molecule has 3 rings (SSSR count). The van der Waals surface area contributed by atoms with Crippen LogP contribution in [0.3, 0.4) is 0 Å². The molecule has 3 heteroatoms. The highest BCUT2D eigenvalue weighted by Gasteiger charge is 2.19. The Hall–Kier alpha value is -1.77. The summed E-state index contributed by atoms with van der Waals surface area (Å²) in [5.41, 5.74) is 2.53. The zero-order valence-electron chi connectivity index (χ0n) is 8.86. The van der Waals surface area contributed by atoms with Gasteiger partial charge < -0.3 is 10.1 Å². The molecule has 1 saturated carbocycles. The second-order valence-electron chi connectivity index (χ2n) is 4.46. The maximum absolute atomic E-state index is 10.8. The Bertz CT molecular complexity index is 552. The summed E-state index contributed by atoms with van der Waals surface area (Å²) in [7, 11) is 0. The summed E-state index contributed by atoms with van der Waals surface area (Å²) in [5.74, 6) is -0.220. The van der Waals surface area contributed by atoms with Gasteiger partial charge in [-0.15, -0.1) is 0 Å². The first-order valence-electron chi connectivity index (χ1n) is 5.60. The number of aromatic nitrogens is 1. The molecule has 1 aliphatic rings. The van der Waals surface area contributed by atoms with Crippen molar-refractivity contribution in [2.75, 3.05) is 0 Å². The average Bonchev–Trinajstić information content (AvgIpc) is 2.57. The minimum absolute atomic E-state index is 0.265. The SMILES string of the molecule is O=C(O)c1cc2ccc(C3CCC3)cc2[nH]1. The third kappa shape index (κ3) is 1.40. The Morgan fingerprint density at radius 2 is 2.12 bits per heavy atom. The Balaban J connectivity index is 2.06. The van der Waals surface area contributed by atoms with Crippen molar-refractivity contribution in [3.8, 4) is 0 Å². The normalized spacial score (nSPS) is 16.2. The van der Waals surface area contributed by atoms with E-state index in [4.69, 9.17) is 5.11 Å². The van der Waals surface area contributed by atoms with Crippen LogP contribution in [0.25, 0.3) is 10.9 Å². The highest BCUT2D eigenvalue weighted by molar-refractivity contribution is 5.93. The number of benzene rings is 1. The van der Waals surface area contributed by atoms with Gasteiger partial charge in [0.05, 0.1) is 0 Å². The molecule has 16 heavy (non-hydrogen) atoms. The van der Waals surface area contributed by atoms with Gasteiger partial charge in [-0.2, -0.15) is 0 Å².